The van der Waals surface area contributed by atoms with Crippen LogP contribution in [-0.4, -0.2) is 23.1 Å². The van der Waals surface area contributed by atoms with Crippen LogP contribution < -0.4 is 10.6 Å². The first-order valence-electron chi connectivity index (χ1n) is 3.36. The molecule has 0 saturated carbocycles. The molecule has 1 aliphatic heterocycles. The lowest BCUT2D eigenvalue weighted by Crippen LogP contribution is -2.21. The van der Waals surface area contributed by atoms with E-state index in [1.54, 1.807) is 0 Å². The molecule has 1 aliphatic rings. The Balaban J connectivity index is 2.49. The lowest BCUT2D eigenvalue weighted by Gasteiger charge is -2.18. The van der Waals surface area contributed by atoms with E-state index in [2.05, 4.69) is 20.6 Å². The average Bonchev–Trinajstić information content (AvgIpc) is 2.06. The van der Waals surface area contributed by atoms with Gasteiger partial charge in [-0.25, -0.2) is 9.97 Å². The van der Waals surface area contributed by atoms with Gasteiger partial charge in [0.15, 0.2) is 11.0 Å². The first-order chi connectivity index (χ1) is 5.38. The SMILES string of the molecule is Clc1ncnc2c1NCCN2. The molecular formula is C6H7ClN4. The molecule has 0 radical (unpaired) electrons. The van der Waals surface area contributed by atoms with E-state index in [-0.39, 0.29) is 0 Å². The Labute approximate surface area is 69.0 Å². The predicted octanol–water partition coefficient (Wildman–Crippen LogP) is 0.967. The first kappa shape index (κ1) is 6.67. The highest BCUT2D eigenvalue weighted by atomic mass is 35.5. The van der Waals surface area contributed by atoms with E-state index in [0.717, 1.165) is 24.6 Å². The van der Waals surface area contributed by atoms with Gasteiger partial charge in [0.05, 0.1) is 0 Å². The molecule has 5 heteroatoms. The van der Waals surface area contributed by atoms with E-state index in [9.17, 15) is 0 Å². The highest BCUT2D eigenvalue weighted by molar-refractivity contribution is 6.32. The molecule has 0 amide bonds. The molecule has 1 aromatic rings. The Morgan fingerprint density at radius 2 is 2.09 bits per heavy atom. The van der Waals surface area contributed by atoms with Gasteiger partial charge in [-0.05, 0) is 0 Å². The zero-order valence-electron chi connectivity index (χ0n) is 5.76. The number of halogens is 1. The average molecular weight is 171 g/mol. The van der Waals surface area contributed by atoms with Gasteiger partial charge in [0.25, 0.3) is 0 Å². The summed E-state index contributed by atoms with van der Waals surface area (Å²) in [5, 5.41) is 6.69. The lowest BCUT2D eigenvalue weighted by atomic mass is 10.4. The normalized spacial score (nSPS) is 14.6. The molecule has 2 rings (SSSR count). The van der Waals surface area contributed by atoms with Crippen molar-refractivity contribution >= 4 is 23.1 Å². The summed E-state index contributed by atoms with van der Waals surface area (Å²) >= 11 is 5.79. The second-order valence-corrected chi connectivity index (χ2v) is 2.60. The zero-order valence-corrected chi connectivity index (χ0v) is 6.52. The second kappa shape index (κ2) is 2.54. The molecule has 4 nitrogen and oxygen atoms in total. The highest BCUT2D eigenvalue weighted by Crippen LogP contribution is 2.27. The van der Waals surface area contributed by atoms with Gasteiger partial charge in [-0.15, -0.1) is 0 Å². The highest BCUT2D eigenvalue weighted by Gasteiger charge is 2.11. The third kappa shape index (κ3) is 1.09. The van der Waals surface area contributed by atoms with Crippen LogP contribution in [0.15, 0.2) is 6.33 Å². The van der Waals surface area contributed by atoms with Gasteiger partial charge in [0.1, 0.15) is 12.0 Å². The van der Waals surface area contributed by atoms with Crippen molar-refractivity contribution in [3.63, 3.8) is 0 Å². The Morgan fingerprint density at radius 1 is 1.27 bits per heavy atom. The van der Waals surface area contributed by atoms with Crippen LogP contribution in [-0.2, 0) is 0 Å². The maximum atomic E-state index is 5.79. The number of fused-ring (bicyclic) bond motifs is 1. The first-order valence-corrected chi connectivity index (χ1v) is 3.74. The van der Waals surface area contributed by atoms with Gasteiger partial charge in [-0.1, -0.05) is 11.6 Å². The van der Waals surface area contributed by atoms with Crippen LogP contribution in [0.1, 0.15) is 0 Å². The summed E-state index contributed by atoms with van der Waals surface area (Å²) in [6.45, 7) is 1.74. The van der Waals surface area contributed by atoms with E-state index in [1.165, 1.54) is 6.33 Å². The third-order valence-electron chi connectivity index (χ3n) is 1.52. The largest absolute Gasteiger partial charge is 0.378 e. The summed E-state index contributed by atoms with van der Waals surface area (Å²) in [6, 6.07) is 0. The number of hydrogen-bond acceptors (Lipinski definition) is 4. The van der Waals surface area contributed by atoms with Gasteiger partial charge >= 0.3 is 0 Å². The minimum absolute atomic E-state index is 0.474. The van der Waals surface area contributed by atoms with Gasteiger partial charge in [-0.3, -0.25) is 0 Å². The van der Waals surface area contributed by atoms with Gasteiger partial charge in [0, 0.05) is 13.1 Å². The van der Waals surface area contributed by atoms with Crippen LogP contribution in [0.4, 0.5) is 11.5 Å². The third-order valence-corrected chi connectivity index (χ3v) is 1.81. The van der Waals surface area contributed by atoms with Gasteiger partial charge < -0.3 is 10.6 Å². The Hall–Kier alpha value is -1.03. The Kier molecular flexibility index (Phi) is 1.54. The van der Waals surface area contributed by atoms with Gasteiger partial charge in [0.2, 0.25) is 0 Å². The molecule has 0 aliphatic carbocycles. The molecule has 58 valence electrons. The van der Waals surface area contributed by atoms with E-state index < -0.39 is 0 Å². The number of anilines is 2. The molecule has 0 bridgehead atoms. The Morgan fingerprint density at radius 3 is 2.91 bits per heavy atom. The summed E-state index contributed by atoms with van der Waals surface area (Å²) in [7, 11) is 0. The molecular weight excluding hydrogens is 164 g/mol. The van der Waals surface area contributed by atoms with E-state index >= 15 is 0 Å². The Bertz CT molecular complexity index is 275. The molecule has 0 aromatic carbocycles. The van der Waals surface area contributed by atoms with Crippen molar-refractivity contribution in [1.29, 1.82) is 0 Å². The number of rotatable bonds is 0. The van der Waals surface area contributed by atoms with Crippen LogP contribution in [0.3, 0.4) is 0 Å². The smallest absolute Gasteiger partial charge is 0.157 e. The molecule has 0 spiro atoms. The molecule has 0 fully saturated rings. The summed E-state index contributed by atoms with van der Waals surface area (Å²) in [4.78, 5) is 7.86. The van der Waals surface area contributed by atoms with E-state index in [4.69, 9.17) is 11.6 Å². The van der Waals surface area contributed by atoms with Gasteiger partial charge in [-0.2, -0.15) is 0 Å². The maximum absolute atomic E-state index is 5.79. The van der Waals surface area contributed by atoms with Crippen LogP contribution in [0, 0.1) is 0 Å². The van der Waals surface area contributed by atoms with Crippen molar-refractivity contribution in [3.8, 4) is 0 Å². The molecule has 11 heavy (non-hydrogen) atoms. The minimum Gasteiger partial charge on any atom is -0.378 e. The summed E-state index contributed by atoms with van der Waals surface area (Å²) in [6.07, 6.45) is 1.45. The van der Waals surface area contributed by atoms with Crippen molar-refractivity contribution in [2.75, 3.05) is 23.7 Å². The lowest BCUT2D eigenvalue weighted by molar-refractivity contribution is 0.999. The number of aromatic nitrogens is 2. The fraction of sp³-hybridized carbons (Fsp3) is 0.333. The van der Waals surface area contributed by atoms with Crippen molar-refractivity contribution in [2.24, 2.45) is 0 Å². The van der Waals surface area contributed by atoms with Crippen LogP contribution >= 0.6 is 11.6 Å². The summed E-state index contributed by atoms with van der Waals surface area (Å²) in [5.41, 5.74) is 0.806. The standard InChI is InChI=1S/C6H7ClN4/c7-5-4-6(11-3-10-5)9-2-1-8-4/h3,8H,1-2H2,(H,9,10,11). The maximum Gasteiger partial charge on any atom is 0.157 e. The summed E-state index contributed by atoms with van der Waals surface area (Å²) in [5.74, 6) is 0.788. The molecule has 0 atom stereocenters. The zero-order chi connectivity index (χ0) is 7.68. The van der Waals surface area contributed by atoms with Crippen molar-refractivity contribution in [2.45, 2.75) is 0 Å². The fourth-order valence-corrected chi connectivity index (χ4v) is 1.22. The minimum atomic E-state index is 0.474. The molecule has 0 unspecified atom stereocenters. The van der Waals surface area contributed by atoms with E-state index in [0.29, 0.717) is 5.15 Å². The summed E-state index contributed by atoms with van der Waals surface area (Å²) < 4.78 is 0. The quantitative estimate of drug-likeness (QED) is 0.570. The monoisotopic (exact) mass is 170 g/mol. The van der Waals surface area contributed by atoms with Crippen molar-refractivity contribution < 1.29 is 0 Å². The van der Waals surface area contributed by atoms with E-state index in [1.807, 2.05) is 0 Å². The molecule has 2 N–H and O–H groups in total. The molecule has 2 heterocycles. The fourth-order valence-electron chi connectivity index (χ4n) is 1.02. The van der Waals surface area contributed by atoms with Crippen LogP contribution in [0.25, 0.3) is 0 Å². The predicted molar refractivity (Wildman–Crippen MR) is 44.0 cm³/mol. The molecule has 1 aromatic heterocycles. The topological polar surface area (TPSA) is 49.8 Å². The molecule has 0 saturated heterocycles. The number of nitrogens with zero attached hydrogens (tertiary/aromatic N) is 2. The van der Waals surface area contributed by atoms with Crippen molar-refractivity contribution in [3.05, 3.63) is 11.5 Å². The van der Waals surface area contributed by atoms with Crippen molar-refractivity contribution in [1.82, 2.24) is 9.97 Å². The number of nitrogens with one attached hydrogen (secondary N) is 2. The second-order valence-electron chi connectivity index (χ2n) is 2.24. The van der Waals surface area contributed by atoms with Crippen LogP contribution in [0.2, 0.25) is 5.15 Å². The number of hydrogen-bond donors (Lipinski definition) is 2. The van der Waals surface area contributed by atoms with Crippen LogP contribution in [0.5, 0.6) is 0 Å².